The largest absolute Gasteiger partial charge is 0.478 e. The average Bonchev–Trinajstić information content (AvgIpc) is 3.08. The molecule has 0 radical (unpaired) electrons. The number of nitrogens with one attached hydrogen (secondary N) is 2. The van der Waals surface area contributed by atoms with E-state index in [0.29, 0.717) is 23.9 Å². The lowest BCUT2D eigenvalue weighted by molar-refractivity contribution is -0.117. The van der Waals surface area contributed by atoms with E-state index in [2.05, 4.69) is 10.3 Å². The van der Waals surface area contributed by atoms with Crippen molar-refractivity contribution in [3.8, 4) is 6.07 Å². The van der Waals surface area contributed by atoms with Crippen LogP contribution in [-0.2, 0) is 11.2 Å². The van der Waals surface area contributed by atoms with E-state index in [4.69, 9.17) is 5.11 Å². The second kappa shape index (κ2) is 8.02. The highest BCUT2D eigenvalue weighted by Gasteiger charge is 2.12. The Bertz CT molecular complexity index is 1060. The van der Waals surface area contributed by atoms with Crippen molar-refractivity contribution in [1.82, 2.24) is 10.3 Å². The van der Waals surface area contributed by atoms with Crippen LogP contribution in [0, 0.1) is 11.3 Å². The fraction of sp³-hybridized carbons (Fsp3) is 0.0952. The van der Waals surface area contributed by atoms with Crippen LogP contribution in [0.5, 0.6) is 0 Å². The molecule has 1 heterocycles. The van der Waals surface area contributed by atoms with Gasteiger partial charge in [-0.3, -0.25) is 4.79 Å². The van der Waals surface area contributed by atoms with Crippen LogP contribution in [0.3, 0.4) is 0 Å². The van der Waals surface area contributed by atoms with E-state index in [-0.39, 0.29) is 11.1 Å². The van der Waals surface area contributed by atoms with Gasteiger partial charge in [0.1, 0.15) is 11.6 Å². The number of aromatic carboxylic acids is 1. The van der Waals surface area contributed by atoms with Crippen molar-refractivity contribution < 1.29 is 14.7 Å². The summed E-state index contributed by atoms with van der Waals surface area (Å²) in [6.45, 7) is 0.416. The lowest BCUT2D eigenvalue weighted by Crippen LogP contribution is -2.26. The Morgan fingerprint density at radius 3 is 2.67 bits per heavy atom. The first kappa shape index (κ1) is 18.0. The molecule has 0 aliphatic heterocycles. The molecule has 1 aromatic heterocycles. The first-order valence-electron chi connectivity index (χ1n) is 8.37. The number of fused-ring (bicyclic) bond motifs is 1. The number of carbonyl (C=O) groups excluding carboxylic acids is 1. The van der Waals surface area contributed by atoms with E-state index in [1.807, 2.05) is 36.4 Å². The second-order valence-corrected chi connectivity index (χ2v) is 5.97. The van der Waals surface area contributed by atoms with Gasteiger partial charge < -0.3 is 15.4 Å². The number of aromatic nitrogens is 1. The number of hydrogen-bond acceptors (Lipinski definition) is 3. The Hall–Kier alpha value is -3.85. The first-order chi connectivity index (χ1) is 13.1. The molecule has 0 atom stereocenters. The number of nitrogens with zero attached hydrogens (tertiary/aromatic N) is 1. The summed E-state index contributed by atoms with van der Waals surface area (Å²) in [4.78, 5) is 26.5. The topological polar surface area (TPSA) is 106 Å². The van der Waals surface area contributed by atoms with Crippen LogP contribution in [0.4, 0.5) is 0 Å². The number of hydrogen-bond donors (Lipinski definition) is 3. The highest BCUT2D eigenvalue weighted by molar-refractivity contribution is 6.04. The minimum absolute atomic E-state index is 0.0373. The Kier molecular flexibility index (Phi) is 5.33. The Morgan fingerprint density at radius 1 is 1.19 bits per heavy atom. The molecule has 0 fully saturated rings. The molecule has 3 rings (SSSR count). The predicted molar refractivity (Wildman–Crippen MR) is 102 cm³/mol. The zero-order valence-electron chi connectivity index (χ0n) is 14.4. The molecule has 0 bridgehead atoms. The van der Waals surface area contributed by atoms with E-state index >= 15 is 0 Å². The molecule has 134 valence electrons. The zero-order chi connectivity index (χ0) is 19.2. The van der Waals surface area contributed by atoms with Gasteiger partial charge in [0.25, 0.3) is 5.91 Å². The number of H-pyrrole nitrogens is 1. The van der Waals surface area contributed by atoms with Gasteiger partial charge in [0.05, 0.1) is 5.56 Å². The van der Waals surface area contributed by atoms with Crippen LogP contribution in [0.15, 0.2) is 60.3 Å². The first-order valence-corrected chi connectivity index (χ1v) is 8.37. The third-order valence-corrected chi connectivity index (χ3v) is 4.17. The van der Waals surface area contributed by atoms with Crippen molar-refractivity contribution in [2.24, 2.45) is 0 Å². The maximum atomic E-state index is 12.3. The van der Waals surface area contributed by atoms with Gasteiger partial charge >= 0.3 is 5.97 Å². The molecule has 6 nitrogen and oxygen atoms in total. The number of amides is 1. The molecule has 27 heavy (non-hydrogen) atoms. The van der Waals surface area contributed by atoms with E-state index < -0.39 is 11.9 Å². The molecule has 3 aromatic rings. The van der Waals surface area contributed by atoms with E-state index in [1.54, 1.807) is 12.3 Å². The number of nitriles is 1. The summed E-state index contributed by atoms with van der Waals surface area (Å²) in [6.07, 6.45) is 3.77. The normalized spacial score (nSPS) is 11.1. The van der Waals surface area contributed by atoms with Crippen molar-refractivity contribution >= 4 is 28.9 Å². The molecule has 0 saturated carbocycles. The van der Waals surface area contributed by atoms with Crippen molar-refractivity contribution in [2.45, 2.75) is 6.42 Å². The number of rotatable bonds is 6. The van der Waals surface area contributed by atoms with Crippen LogP contribution in [0.1, 0.15) is 21.5 Å². The molecule has 0 spiro atoms. The van der Waals surface area contributed by atoms with Gasteiger partial charge in [-0.15, -0.1) is 0 Å². The monoisotopic (exact) mass is 359 g/mol. The van der Waals surface area contributed by atoms with Gasteiger partial charge in [0.2, 0.25) is 0 Å². The molecule has 6 heteroatoms. The van der Waals surface area contributed by atoms with Crippen molar-refractivity contribution in [2.75, 3.05) is 6.54 Å². The summed E-state index contributed by atoms with van der Waals surface area (Å²) < 4.78 is 0. The minimum atomic E-state index is -1.04. The summed E-state index contributed by atoms with van der Waals surface area (Å²) >= 11 is 0. The molecule has 2 aromatic carbocycles. The van der Waals surface area contributed by atoms with Gasteiger partial charge in [0.15, 0.2) is 0 Å². The van der Waals surface area contributed by atoms with Gasteiger partial charge in [-0.25, -0.2) is 4.79 Å². The summed E-state index contributed by atoms with van der Waals surface area (Å²) in [7, 11) is 0. The fourth-order valence-corrected chi connectivity index (χ4v) is 2.76. The number of carboxylic acid groups (broad SMARTS) is 1. The molecule has 0 unspecified atom stereocenters. The van der Waals surface area contributed by atoms with Crippen molar-refractivity contribution in [3.63, 3.8) is 0 Å². The smallest absolute Gasteiger partial charge is 0.335 e. The number of carbonyl (C=O) groups is 2. The highest BCUT2D eigenvalue weighted by Crippen LogP contribution is 2.22. The van der Waals surface area contributed by atoms with Crippen LogP contribution < -0.4 is 5.32 Å². The number of aromatic amines is 1. The summed E-state index contributed by atoms with van der Waals surface area (Å²) in [5, 5.41) is 21.9. The molecule has 1 amide bonds. The van der Waals surface area contributed by atoms with Crippen LogP contribution in [0.25, 0.3) is 17.0 Å². The number of benzene rings is 2. The van der Waals surface area contributed by atoms with Gasteiger partial charge in [-0.2, -0.15) is 5.26 Å². The third-order valence-electron chi connectivity index (χ3n) is 4.17. The van der Waals surface area contributed by atoms with Gasteiger partial charge in [0, 0.05) is 29.2 Å². The van der Waals surface area contributed by atoms with Crippen molar-refractivity contribution in [1.29, 1.82) is 5.26 Å². The molecule has 3 N–H and O–H groups in total. The lowest BCUT2D eigenvalue weighted by Gasteiger charge is -2.04. The molecule has 0 saturated heterocycles. The van der Waals surface area contributed by atoms with E-state index in [0.717, 1.165) is 11.1 Å². The zero-order valence-corrected chi connectivity index (χ0v) is 14.4. The fourth-order valence-electron chi connectivity index (χ4n) is 2.76. The standard InChI is InChI=1S/C21H17N3O3/c22-12-16(20(25)23-9-8-14-4-2-1-3-5-14)10-17-13-24-19-7-6-15(21(26)27)11-18(17)19/h1-7,10-11,13,24H,8-9H2,(H,23,25)(H,26,27)/b16-10-. The predicted octanol–water partition coefficient (Wildman–Crippen LogP) is 3.13. The van der Waals surface area contributed by atoms with E-state index in [9.17, 15) is 14.9 Å². The quantitative estimate of drug-likeness (QED) is 0.464. The van der Waals surface area contributed by atoms with Crippen LogP contribution in [0.2, 0.25) is 0 Å². The Morgan fingerprint density at radius 2 is 1.96 bits per heavy atom. The molecular formula is C21H17N3O3. The summed E-state index contributed by atoms with van der Waals surface area (Å²) in [6, 6.07) is 16.3. The Balaban J connectivity index is 1.76. The average molecular weight is 359 g/mol. The maximum absolute atomic E-state index is 12.3. The summed E-state index contributed by atoms with van der Waals surface area (Å²) in [5.74, 6) is -1.50. The third kappa shape index (κ3) is 4.22. The number of carboxylic acids is 1. The van der Waals surface area contributed by atoms with Gasteiger partial charge in [-0.05, 0) is 36.3 Å². The minimum Gasteiger partial charge on any atom is -0.478 e. The Labute approximate surface area is 155 Å². The van der Waals surface area contributed by atoms with Gasteiger partial charge in [-0.1, -0.05) is 30.3 Å². The maximum Gasteiger partial charge on any atom is 0.335 e. The second-order valence-electron chi connectivity index (χ2n) is 5.97. The van der Waals surface area contributed by atoms with Crippen LogP contribution in [-0.4, -0.2) is 28.5 Å². The lowest BCUT2D eigenvalue weighted by atomic mass is 10.1. The van der Waals surface area contributed by atoms with E-state index in [1.165, 1.54) is 18.2 Å². The highest BCUT2D eigenvalue weighted by atomic mass is 16.4. The molecule has 0 aliphatic rings. The van der Waals surface area contributed by atoms with Crippen LogP contribution >= 0.6 is 0 Å². The SMILES string of the molecule is N#C/C(=C/c1c[nH]c2ccc(C(=O)O)cc12)C(=O)NCCc1ccccc1. The summed E-state index contributed by atoms with van der Waals surface area (Å²) in [5.41, 5.74) is 2.52. The van der Waals surface area contributed by atoms with Crippen molar-refractivity contribution in [3.05, 3.63) is 77.0 Å². The molecular weight excluding hydrogens is 342 g/mol. The molecule has 0 aliphatic carbocycles.